The molecule has 1 aromatic heterocycles. The predicted molar refractivity (Wildman–Crippen MR) is 162 cm³/mol. The van der Waals surface area contributed by atoms with Crippen molar-refractivity contribution in [1.29, 1.82) is 0 Å². The monoisotopic (exact) mass is 588 g/mol. The molecule has 3 aliphatic rings. The fraction of sp³-hybridized carbons (Fsp3) is 0.441. The molecule has 1 unspecified atom stereocenters. The Labute approximate surface area is 251 Å². The molecule has 3 aromatic rings. The summed E-state index contributed by atoms with van der Waals surface area (Å²) in [5.74, 6) is 0.787. The van der Waals surface area contributed by atoms with Crippen LogP contribution >= 0.6 is 0 Å². The average Bonchev–Trinajstić information content (AvgIpc) is 3.52. The number of hydrazone groups is 1. The summed E-state index contributed by atoms with van der Waals surface area (Å²) in [4.78, 5) is 20.3. The molecule has 1 amide bonds. The summed E-state index contributed by atoms with van der Waals surface area (Å²) in [6.07, 6.45) is 8.47. The van der Waals surface area contributed by atoms with Gasteiger partial charge in [0.2, 0.25) is 5.91 Å². The molecular weight excluding hydrogens is 550 g/mol. The van der Waals surface area contributed by atoms with Crippen LogP contribution in [0.4, 0.5) is 14.6 Å². The van der Waals surface area contributed by atoms with Gasteiger partial charge in [0.15, 0.2) is 0 Å². The summed E-state index contributed by atoms with van der Waals surface area (Å²) in [6, 6.07) is 13.3. The van der Waals surface area contributed by atoms with E-state index < -0.39 is 17.7 Å². The quantitative estimate of drug-likeness (QED) is 0.293. The van der Waals surface area contributed by atoms with Crippen LogP contribution < -0.4 is 9.64 Å². The number of aromatic nitrogens is 1. The number of piperidine rings is 1. The van der Waals surface area contributed by atoms with Gasteiger partial charge in [-0.1, -0.05) is 6.07 Å². The fourth-order valence-corrected chi connectivity index (χ4v) is 6.35. The molecule has 0 aliphatic carbocycles. The minimum absolute atomic E-state index is 0.103. The summed E-state index contributed by atoms with van der Waals surface area (Å²) in [6.45, 7) is 5.86. The van der Waals surface area contributed by atoms with Gasteiger partial charge in [0, 0.05) is 57.1 Å². The number of amides is 1. The molecule has 4 heterocycles. The van der Waals surface area contributed by atoms with Gasteiger partial charge in [0.1, 0.15) is 23.2 Å². The molecule has 2 fully saturated rings. The highest BCUT2D eigenvalue weighted by molar-refractivity contribution is 5.82. The minimum Gasteiger partial charge on any atom is -0.494 e. The Morgan fingerprint density at radius 3 is 2.53 bits per heavy atom. The van der Waals surface area contributed by atoms with E-state index in [1.165, 1.54) is 17.1 Å². The number of halogens is 2. The number of ether oxygens (including phenoxy) is 2. The number of nitrogens with zero attached hydrogens (tertiary/aromatic N) is 4. The third kappa shape index (κ3) is 6.88. The lowest BCUT2D eigenvalue weighted by Gasteiger charge is -2.34. The highest BCUT2D eigenvalue weighted by Crippen LogP contribution is 2.34. The van der Waals surface area contributed by atoms with Gasteiger partial charge in [-0.05, 0) is 104 Å². The lowest BCUT2D eigenvalue weighted by atomic mass is 9.94. The highest BCUT2D eigenvalue weighted by Gasteiger charge is 2.35. The van der Waals surface area contributed by atoms with Crippen LogP contribution in [0.1, 0.15) is 55.7 Å². The first-order valence-electron chi connectivity index (χ1n) is 15.3. The van der Waals surface area contributed by atoms with Crippen molar-refractivity contribution in [3.8, 4) is 16.9 Å². The Balaban J connectivity index is 1.08. The molecule has 3 aliphatic heterocycles. The maximum Gasteiger partial charge on any atom is 0.246 e. The molecule has 1 atom stereocenters. The maximum atomic E-state index is 13.9. The molecular formula is C34H38F2N4O3. The Bertz CT molecular complexity index is 1450. The number of carbonyl (C=O) groups is 1. The summed E-state index contributed by atoms with van der Waals surface area (Å²) in [5, 5.41) is 5.69. The van der Waals surface area contributed by atoms with E-state index in [2.05, 4.69) is 40.1 Å². The molecule has 0 bridgehead atoms. The van der Waals surface area contributed by atoms with Gasteiger partial charge in [-0.15, -0.1) is 0 Å². The molecule has 0 saturated carbocycles. The Morgan fingerprint density at radius 2 is 1.77 bits per heavy atom. The number of aryl methyl sites for hydroxylation is 1. The van der Waals surface area contributed by atoms with Crippen LogP contribution in [0.5, 0.6) is 5.75 Å². The SMILES string of the molecule is Cc1ccc(OCCC2CCOCC2)cc1-c1ccnc(N2CCC(C(=O)N3N=CCC3c3cc(F)cc(F)c3)CC2)c1. The van der Waals surface area contributed by atoms with Crippen LogP contribution in [-0.2, 0) is 9.53 Å². The van der Waals surface area contributed by atoms with Crippen LogP contribution in [0, 0.1) is 30.4 Å². The third-order valence-electron chi connectivity index (χ3n) is 8.89. The summed E-state index contributed by atoms with van der Waals surface area (Å²) < 4.78 is 39.3. The van der Waals surface area contributed by atoms with Crippen LogP contribution in [0.3, 0.4) is 0 Å². The van der Waals surface area contributed by atoms with E-state index in [0.717, 1.165) is 66.8 Å². The van der Waals surface area contributed by atoms with Crippen molar-refractivity contribution in [2.75, 3.05) is 37.8 Å². The Kier molecular flexibility index (Phi) is 8.98. The molecule has 0 spiro atoms. The normalized spacial score (nSPS) is 19.7. The molecule has 2 aromatic carbocycles. The Morgan fingerprint density at radius 1 is 1.00 bits per heavy atom. The third-order valence-corrected chi connectivity index (χ3v) is 8.89. The van der Waals surface area contributed by atoms with Gasteiger partial charge < -0.3 is 14.4 Å². The van der Waals surface area contributed by atoms with E-state index in [1.54, 1.807) is 6.21 Å². The van der Waals surface area contributed by atoms with E-state index in [-0.39, 0.29) is 11.8 Å². The van der Waals surface area contributed by atoms with Crippen molar-refractivity contribution in [3.63, 3.8) is 0 Å². The van der Waals surface area contributed by atoms with Crippen LogP contribution in [0.25, 0.3) is 11.1 Å². The van der Waals surface area contributed by atoms with E-state index in [1.807, 2.05) is 18.3 Å². The molecule has 0 N–H and O–H groups in total. The second kappa shape index (κ2) is 13.2. The van der Waals surface area contributed by atoms with Crippen LogP contribution in [0.2, 0.25) is 0 Å². The average molecular weight is 589 g/mol. The minimum atomic E-state index is -0.655. The topological polar surface area (TPSA) is 67.3 Å². The zero-order valence-corrected chi connectivity index (χ0v) is 24.6. The number of hydrogen-bond donors (Lipinski definition) is 0. The van der Waals surface area contributed by atoms with Gasteiger partial charge in [0.05, 0.1) is 12.6 Å². The van der Waals surface area contributed by atoms with Crippen molar-refractivity contribution in [2.45, 2.75) is 51.5 Å². The summed E-state index contributed by atoms with van der Waals surface area (Å²) in [7, 11) is 0. The first-order chi connectivity index (χ1) is 20.9. The number of benzene rings is 2. The van der Waals surface area contributed by atoms with Gasteiger partial charge in [-0.3, -0.25) is 4.79 Å². The zero-order chi connectivity index (χ0) is 29.8. The standard InChI is InChI=1S/C34H38F2N4O3/c1-23-2-3-30(43-17-10-24-8-15-42-16-9-24)22-31(23)26-4-11-37-33(20-26)39-13-6-25(7-14-39)34(41)40-32(5-12-38-40)27-18-28(35)21-29(36)19-27/h2-4,11-12,18-22,24-25,32H,5-10,13-17H2,1H3. The number of anilines is 1. The van der Waals surface area contributed by atoms with Gasteiger partial charge in [-0.25, -0.2) is 18.8 Å². The van der Waals surface area contributed by atoms with E-state index in [4.69, 9.17) is 9.47 Å². The molecule has 2 saturated heterocycles. The van der Waals surface area contributed by atoms with E-state index in [9.17, 15) is 13.6 Å². The van der Waals surface area contributed by atoms with Crippen molar-refractivity contribution in [2.24, 2.45) is 16.9 Å². The van der Waals surface area contributed by atoms with Gasteiger partial charge >= 0.3 is 0 Å². The van der Waals surface area contributed by atoms with Crippen molar-refractivity contribution >= 4 is 17.9 Å². The fourth-order valence-electron chi connectivity index (χ4n) is 6.35. The highest BCUT2D eigenvalue weighted by atomic mass is 19.1. The number of hydrogen-bond acceptors (Lipinski definition) is 6. The van der Waals surface area contributed by atoms with Crippen LogP contribution in [-0.4, -0.2) is 55.0 Å². The predicted octanol–water partition coefficient (Wildman–Crippen LogP) is 6.71. The first-order valence-corrected chi connectivity index (χ1v) is 15.3. The Hall–Kier alpha value is -3.85. The lowest BCUT2D eigenvalue weighted by molar-refractivity contribution is -0.138. The van der Waals surface area contributed by atoms with Gasteiger partial charge in [0.25, 0.3) is 0 Å². The summed E-state index contributed by atoms with van der Waals surface area (Å²) in [5.41, 5.74) is 3.78. The molecule has 226 valence electrons. The second-order valence-electron chi connectivity index (χ2n) is 11.8. The largest absolute Gasteiger partial charge is 0.494 e. The zero-order valence-electron chi connectivity index (χ0n) is 24.6. The van der Waals surface area contributed by atoms with Crippen LogP contribution in [0.15, 0.2) is 59.8 Å². The maximum absolute atomic E-state index is 13.9. The summed E-state index contributed by atoms with van der Waals surface area (Å²) >= 11 is 0. The second-order valence-corrected chi connectivity index (χ2v) is 11.8. The van der Waals surface area contributed by atoms with Gasteiger partial charge in [-0.2, -0.15) is 5.10 Å². The number of carbonyl (C=O) groups excluding carboxylic acids is 1. The molecule has 43 heavy (non-hydrogen) atoms. The number of pyridine rings is 1. The number of rotatable bonds is 8. The smallest absolute Gasteiger partial charge is 0.246 e. The van der Waals surface area contributed by atoms with Crippen molar-refractivity contribution in [1.82, 2.24) is 9.99 Å². The van der Waals surface area contributed by atoms with E-state index >= 15 is 0 Å². The lowest BCUT2D eigenvalue weighted by Crippen LogP contribution is -2.41. The van der Waals surface area contributed by atoms with Crippen molar-refractivity contribution < 1.29 is 23.0 Å². The van der Waals surface area contributed by atoms with Crippen molar-refractivity contribution in [3.05, 3.63) is 77.5 Å². The molecule has 7 nitrogen and oxygen atoms in total. The molecule has 6 rings (SSSR count). The molecule has 0 radical (unpaired) electrons. The first kappa shape index (κ1) is 29.2. The molecule has 9 heteroatoms. The van der Waals surface area contributed by atoms with E-state index in [0.29, 0.717) is 50.4 Å².